The second-order valence-corrected chi connectivity index (χ2v) is 7.72. The van der Waals surface area contributed by atoms with E-state index >= 15 is 0 Å². The molecule has 6 N–H and O–H groups in total. The first-order chi connectivity index (χ1) is 15.7. The second-order valence-electron chi connectivity index (χ2n) is 7.72. The van der Waals surface area contributed by atoms with Crippen molar-refractivity contribution in [2.24, 2.45) is 11.5 Å². The van der Waals surface area contributed by atoms with Crippen molar-refractivity contribution in [2.45, 2.75) is 25.9 Å². The molecule has 10 nitrogen and oxygen atoms in total. The van der Waals surface area contributed by atoms with Gasteiger partial charge in [-0.15, -0.1) is 0 Å². The van der Waals surface area contributed by atoms with Gasteiger partial charge in [0, 0.05) is 35.5 Å². The average Bonchev–Trinajstić information content (AvgIpc) is 3.29. The molecule has 168 valence electrons. The zero-order chi connectivity index (χ0) is 23.7. The third kappa shape index (κ3) is 4.37. The monoisotopic (exact) mass is 445 g/mol. The number of hydrogen-bond donors (Lipinski definition) is 3. The van der Waals surface area contributed by atoms with Gasteiger partial charge in [0.05, 0.1) is 11.9 Å². The van der Waals surface area contributed by atoms with Gasteiger partial charge in [0.2, 0.25) is 5.91 Å². The van der Waals surface area contributed by atoms with Gasteiger partial charge >= 0.3 is 0 Å². The maximum atomic E-state index is 12.2. The molecule has 2 atom stereocenters. The summed E-state index contributed by atoms with van der Waals surface area (Å²) in [5.41, 5.74) is 20.7. The van der Waals surface area contributed by atoms with E-state index in [-0.39, 0.29) is 17.4 Å². The van der Waals surface area contributed by atoms with Crippen LogP contribution < -0.4 is 22.8 Å². The van der Waals surface area contributed by atoms with Crippen molar-refractivity contribution >= 4 is 11.7 Å². The summed E-state index contributed by atoms with van der Waals surface area (Å²) in [4.78, 5) is 32.5. The van der Waals surface area contributed by atoms with E-state index in [0.717, 1.165) is 11.1 Å². The van der Waals surface area contributed by atoms with Crippen LogP contribution in [0.3, 0.4) is 0 Å². The molecule has 33 heavy (non-hydrogen) atoms. The topological polar surface area (TPSA) is 169 Å². The molecule has 0 saturated carbocycles. The molecule has 2 unspecified atom stereocenters. The van der Waals surface area contributed by atoms with Gasteiger partial charge in [-0.05, 0) is 31.5 Å². The van der Waals surface area contributed by atoms with Gasteiger partial charge in [-0.2, -0.15) is 0 Å². The minimum absolute atomic E-state index is 0.116. The highest BCUT2D eigenvalue weighted by atomic mass is 16.5. The van der Waals surface area contributed by atoms with Crippen LogP contribution in [0.4, 0.5) is 5.82 Å². The summed E-state index contributed by atoms with van der Waals surface area (Å²) < 4.78 is 6.75. The van der Waals surface area contributed by atoms with Gasteiger partial charge in [0.15, 0.2) is 17.3 Å². The lowest BCUT2D eigenvalue weighted by atomic mass is 10.0. The number of aromatic nitrogens is 4. The molecule has 0 spiro atoms. The highest BCUT2D eigenvalue weighted by molar-refractivity contribution is 5.78. The smallest absolute Gasteiger partial charge is 0.251 e. The van der Waals surface area contributed by atoms with E-state index in [1.54, 1.807) is 19.1 Å². The zero-order valence-electron chi connectivity index (χ0n) is 18.1. The van der Waals surface area contributed by atoms with E-state index in [1.807, 2.05) is 31.2 Å². The first-order valence-electron chi connectivity index (χ1n) is 10.2. The van der Waals surface area contributed by atoms with Gasteiger partial charge < -0.3 is 26.3 Å². The Labute approximate surface area is 189 Å². The van der Waals surface area contributed by atoms with Crippen molar-refractivity contribution in [3.8, 4) is 34.0 Å². The summed E-state index contributed by atoms with van der Waals surface area (Å²) in [6, 6.07) is 11.4. The van der Waals surface area contributed by atoms with E-state index < -0.39 is 11.9 Å². The van der Waals surface area contributed by atoms with Crippen LogP contribution in [0.25, 0.3) is 34.0 Å². The van der Waals surface area contributed by atoms with Gasteiger partial charge in [0.25, 0.3) is 5.56 Å². The van der Waals surface area contributed by atoms with Crippen molar-refractivity contribution < 1.29 is 9.32 Å². The molecule has 3 heterocycles. The Bertz CT molecular complexity index is 1390. The van der Waals surface area contributed by atoms with Crippen molar-refractivity contribution in [1.29, 1.82) is 0 Å². The van der Waals surface area contributed by atoms with Crippen LogP contribution in [-0.4, -0.2) is 25.6 Å². The normalized spacial score (nSPS) is 12.9. The number of pyridine rings is 1. The van der Waals surface area contributed by atoms with Crippen molar-refractivity contribution in [3.05, 3.63) is 70.8 Å². The highest BCUT2D eigenvalue weighted by Crippen LogP contribution is 2.30. The minimum atomic E-state index is -0.817. The van der Waals surface area contributed by atoms with Crippen molar-refractivity contribution in [2.75, 3.05) is 5.73 Å². The maximum Gasteiger partial charge on any atom is 0.251 e. The Hall–Kier alpha value is -4.31. The average molecular weight is 445 g/mol. The number of benzene rings is 1. The quantitative estimate of drug-likeness (QED) is 0.406. The number of amides is 1. The lowest BCUT2D eigenvalue weighted by Gasteiger charge is -2.13. The van der Waals surface area contributed by atoms with E-state index in [4.69, 9.17) is 21.7 Å². The van der Waals surface area contributed by atoms with Crippen LogP contribution >= 0.6 is 0 Å². The molecule has 1 aromatic carbocycles. The lowest BCUT2D eigenvalue weighted by molar-refractivity contribution is -0.120. The summed E-state index contributed by atoms with van der Waals surface area (Å²) in [5.74, 6) is -0.132. The second kappa shape index (κ2) is 8.67. The number of rotatable bonds is 6. The number of nitrogens with zero attached hydrogens (tertiary/aromatic N) is 4. The number of nitrogen functional groups attached to an aromatic ring is 1. The van der Waals surface area contributed by atoms with Crippen molar-refractivity contribution in [3.63, 3.8) is 0 Å². The van der Waals surface area contributed by atoms with Crippen LogP contribution in [0, 0.1) is 0 Å². The molecule has 0 aliphatic heterocycles. The standard InChI is InChI=1S/C23H23N7O3/c1-12(24)14-4-3-5-15(8-14)17-9-19(33-29-17)21-22(25)27-10-18(28-21)16-6-7-20(31)30(11-16)13(2)23(26)32/h3-13H,24H2,1-2H3,(H2,25,27)(H2,26,32). The first-order valence-corrected chi connectivity index (χ1v) is 10.2. The molecule has 0 radical (unpaired) electrons. The largest absolute Gasteiger partial charge is 0.382 e. The Kier molecular flexibility index (Phi) is 5.76. The lowest BCUT2D eigenvalue weighted by Crippen LogP contribution is -2.31. The maximum absolute atomic E-state index is 12.2. The van der Waals surface area contributed by atoms with Crippen LogP contribution in [0.5, 0.6) is 0 Å². The first kappa shape index (κ1) is 21.9. The fourth-order valence-electron chi connectivity index (χ4n) is 3.32. The molecular formula is C23H23N7O3. The van der Waals surface area contributed by atoms with Gasteiger partial charge in [-0.3, -0.25) is 9.59 Å². The number of nitrogens with two attached hydrogens (primary N) is 3. The van der Waals surface area contributed by atoms with Crippen LogP contribution in [-0.2, 0) is 4.79 Å². The van der Waals surface area contributed by atoms with Crippen LogP contribution in [0.1, 0.15) is 31.5 Å². The molecule has 10 heteroatoms. The molecule has 3 aromatic heterocycles. The fourth-order valence-corrected chi connectivity index (χ4v) is 3.32. The van der Waals surface area contributed by atoms with Gasteiger partial charge in [-0.1, -0.05) is 23.4 Å². The molecular weight excluding hydrogens is 422 g/mol. The predicted octanol–water partition coefficient (Wildman–Crippen LogP) is 2.28. The molecule has 4 rings (SSSR count). The summed E-state index contributed by atoms with van der Waals surface area (Å²) in [7, 11) is 0. The Morgan fingerprint density at radius 3 is 2.61 bits per heavy atom. The van der Waals surface area contributed by atoms with E-state index in [9.17, 15) is 9.59 Å². The van der Waals surface area contributed by atoms with E-state index in [2.05, 4.69) is 15.1 Å². The summed E-state index contributed by atoms with van der Waals surface area (Å²) in [5, 5.41) is 4.14. The summed E-state index contributed by atoms with van der Waals surface area (Å²) in [6.07, 6.45) is 2.98. The molecule has 0 aliphatic rings. The van der Waals surface area contributed by atoms with Crippen LogP contribution in [0.2, 0.25) is 0 Å². The number of carbonyl (C=O) groups is 1. The number of hydrogen-bond acceptors (Lipinski definition) is 8. The summed E-state index contributed by atoms with van der Waals surface area (Å²) >= 11 is 0. The Morgan fingerprint density at radius 2 is 1.88 bits per heavy atom. The zero-order valence-corrected chi connectivity index (χ0v) is 18.1. The third-order valence-corrected chi connectivity index (χ3v) is 5.32. The molecule has 4 aromatic rings. The number of carbonyl (C=O) groups excluding carboxylic acids is 1. The predicted molar refractivity (Wildman–Crippen MR) is 124 cm³/mol. The summed E-state index contributed by atoms with van der Waals surface area (Å²) in [6.45, 7) is 3.45. The highest BCUT2D eigenvalue weighted by Gasteiger charge is 2.18. The number of anilines is 1. The van der Waals surface area contributed by atoms with E-state index in [0.29, 0.717) is 28.4 Å². The SMILES string of the molecule is CC(N)c1cccc(-c2cc(-c3nc(-c4ccc(=O)n(C(C)C(N)=O)c4)cnc3N)on2)c1. The Morgan fingerprint density at radius 1 is 1.09 bits per heavy atom. The van der Waals surface area contributed by atoms with Gasteiger partial charge in [0.1, 0.15) is 11.7 Å². The minimum Gasteiger partial charge on any atom is -0.382 e. The van der Waals surface area contributed by atoms with Gasteiger partial charge in [-0.25, -0.2) is 9.97 Å². The third-order valence-electron chi connectivity index (χ3n) is 5.32. The molecule has 1 amide bonds. The Balaban J connectivity index is 1.73. The molecule has 0 aliphatic carbocycles. The van der Waals surface area contributed by atoms with Crippen LogP contribution in [0.15, 0.2) is 64.2 Å². The molecule has 0 saturated heterocycles. The van der Waals surface area contributed by atoms with Crippen molar-refractivity contribution in [1.82, 2.24) is 19.7 Å². The van der Waals surface area contributed by atoms with E-state index in [1.165, 1.54) is 23.0 Å². The molecule has 0 fully saturated rings. The number of primary amides is 1. The fraction of sp³-hybridized carbons (Fsp3) is 0.174. The molecule has 0 bridgehead atoms.